The smallest absolute Gasteiger partial charge is 0.246 e. The molecule has 4 nitrogen and oxygen atoms in total. The zero-order valence-corrected chi connectivity index (χ0v) is 12.4. The Morgan fingerprint density at radius 2 is 1.81 bits per heavy atom. The number of rotatable bonds is 4. The molecular formula is C13H17F3N2O2S. The minimum Gasteiger partial charge on any atom is -0.317 e. The molecule has 8 heteroatoms. The molecule has 1 aliphatic rings. The van der Waals surface area contributed by atoms with Gasteiger partial charge in [0.05, 0.1) is 0 Å². The molecule has 0 atom stereocenters. The molecule has 0 bridgehead atoms. The first-order valence-electron chi connectivity index (χ1n) is 6.75. The highest BCUT2D eigenvalue weighted by Crippen LogP contribution is 2.26. The van der Waals surface area contributed by atoms with E-state index in [0.717, 1.165) is 10.4 Å². The SMILES string of the molecule is CCN(C1CCNCC1)S(=O)(=O)c1ccc(F)c(F)c1F. The maximum absolute atomic E-state index is 13.8. The number of nitrogens with one attached hydrogen (secondary N) is 1. The minimum atomic E-state index is -4.20. The van der Waals surface area contributed by atoms with Gasteiger partial charge in [-0.25, -0.2) is 21.6 Å². The van der Waals surface area contributed by atoms with Gasteiger partial charge in [-0.15, -0.1) is 0 Å². The molecule has 0 aromatic heterocycles. The van der Waals surface area contributed by atoms with Crippen LogP contribution in [0.25, 0.3) is 0 Å². The molecule has 118 valence electrons. The van der Waals surface area contributed by atoms with Crippen LogP contribution in [0.2, 0.25) is 0 Å². The van der Waals surface area contributed by atoms with Crippen molar-refractivity contribution in [3.63, 3.8) is 0 Å². The summed E-state index contributed by atoms with van der Waals surface area (Å²) in [5.41, 5.74) is 0. The Balaban J connectivity index is 2.42. The van der Waals surface area contributed by atoms with Gasteiger partial charge in [0.2, 0.25) is 10.0 Å². The average molecular weight is 322 g/mol. The molecule has 1 saturated heterocycles. The molecule has 1 aromatic carbocycles. The standard InChI is InChI=1S/C13H17F3N2O2S/c1-2-18(9-5-7-17-8-6-9)21(19,20)11-4-3-10(14)12(15)13(11)16/h3-4,9,17H,2,5-8H2,1H3. The van der Waals surface area contributed by atoms with Crippen molar-refractivity contribution in [1.82, 2.24) is 9.62 Å². The predicted molar refractivity (Wildman–Crippen MR) is 71.8 cm³/mol. The highest BCUT2D eigenvalue weighted by Gasteiger charge is 2.34. The second kappa shape index (κ2) is 6.33. The first kappa shape index (κ1) is 16.3. The average Bonchev–Trinajstić information content (AvgIpc) is 2.46. The van der Waals surface area contributed by atoms with Crippen LogP contribution in [-0.2, 0) is 10.0 Å². The molecule has 0 radical (unpaired) electrons. The van der Waals surface area contributed by atoms with E-state index < -0.39 is 32.4 Å². The summed E-state index contributed by atoms with van der Waals surface area (Å²) in [5.74, 6) is -4.84. The van der Waals surface area contributed by atoms with Gasteiger partial charge in [-0.1, -0.05) is 6.92 Å². The van der Waals surface area contributed by atoms with E-state index in [1.54, 1.807) is 6.92 Å². The molecule has 1 aliphatic heterocycles. The fourth-order valence-corrected chi connectivity index (χ4v) is 4.30. The van der Waals surface area contributed by atoms with Crippen molar-refractivity contribution < 1.29 is 21.6 Å². The first-order chi connectivity index (χ1) is 9.89. The van der Waals surface area contributed by atoms with Crippen LogP contribution in [0.1, 0.15) is 19.8 Å². The molecule has 0 spiro atoms. The maximum atomic E-state index is 13.8. The van der Waals surface area contributed by atoms with Gasteiger partial charge < -0.3 is 5.32 Å². The third-order valence-electron chi connectivity index (χ3n) is 3.61. The Hall–Kier alpha value is -1.12. The number of halogens is 3. The largest absolute Gasteiger partial charge is 0.317 e. The van der Waals surface area contributed by atoms with Crippen LogP contribution in [0.4, 0.5) is 13.2 Å². The minimum absolute atomic E-state index is 0.144. The van der Waals surface area contributed by atoms with E-state index in [1.165, 1.54) is 0 Å². The topological polar surface area (TPSA) is 49.4 Å². The monoisotopic (exact) mass is 322 g/mol. The highest BCUT2D eigenvalue weighted by molar-refractivity contribution is 7.89. The van der Waals surface area contributed by atoms with Crippen LogP contribution in [0, 0.1) is 17.5 Å². The summed E-state index contributed by atoms with van der Waals surface area (Å²) >= 11 is 0. The van der Waals surface area contributed by atoms with Crippen molar-refractivity contribution in [2.24, 2.45) is 0 Å². The summed E-state index contributed by atoms with van der Waals surface area (Å²) in [5, 5.41) is 3.11. The number of nitrogens with zero attached hydrogens (tertiary/aromatic N) is 1. The maximum Gasteiger partial charge on any atom is 0.246 e. The van der Waals surface area contributed by atoms with Crippen molar-refractivity contribution in [2.75, 3.05) is 19.6 Å². The first-order valence-corrected chi connectivity index (χ1v) is 8.19. The molecule has 2 rings (SSSR count). The van der Waals surface area contributed by atoms with Crippen molar-refractivity contribution in [3.8, 4) is 0 Å². The Morgan fingerprint density at radius 3 is 2.38 bits per heavy atom. The summed E-state index contributed by atoms with van der Waals surface area (Å²) < 4.78 is 66.2. The zero-order chi connectivity index (χ0) is 15.6. The number of hydrogen-bond donors (Lipinski definition) is 1. The fraction of sp³-hybridized carbons (Fsp3) is 0.538. The van der Waals surface area contributed by atoms with E-state index in [0.29, 0.717) is 32.0 Å². The van der Waals surface area contributed by atoms with E-state index in [2.05, 4.69) is 5.32 Å². The Morgan fingerprint density at radius 1 is 1.19 bits per heavy atom. The van der Waals surface area contributed by atoms with Gasteiger partial charge in [0.1, 0.15) is 4.90 Å². The Kier molecular flexibility index (Phi) is 4.90. The molecule has 1 heterocycles. The molecule has 0 unspecified atom stereocenters. The summed E-state index contributed by atoms with van der Waals surface area (Å²) in [6.07, 6.45) is 1.19. The van der Waals surface area contributed by atoms with Crippen LogP contribution in [0.5, 0.6) is 0 Å². The van der Waals surface area contributed by atoms with Gasteiger partial charge in [0, 0.05) is 12.6 Å². The normalized spacial score (nSPS) is 17.4. The van der Waals surface area contributed by atoms with Crippen LogP contribution in [0.3, 0.4) is 0 Å². The Bertz CT molecular complexity index is 616. The van der Waals surface area contributed by atoms with Crippen molar-refractivity contribution in [3.05, 3.63) is 29.6 Å². The molecule has 1 N–H and O–H groups in total. The molecule has 0 saturated carbocycles. The Labute approximate surface area is 122 Å². The fourth-order valence-electron chi connectivity index (χ4n) is 2.55. The van der Waals surface area contributed by atoms with Crippen LogP contribution >= 0.6 is 0 Å². The molecule has 0 aliphatic carbocycles. The van der Waals surface area contributed by atoms with Gasteiger partial charge >= 0.3 is 0 Å². The van der Waals surface area contributed by atoms with Crippen molar-refractivity contribution >= 4 is 10.0 Å². The van der Waals surface area contributed by atoms with Crippen molar-refractivity contribution in [1.29, 1.82) is 0 Å². The van der Waals surface area contributed by atoms with Gasteiger partial charge in [-0.3, -0.25) is 0 Å². The van der Waals surface area contributed by atoms with Gasteiger partial charge in [0.25, 0.3) is 0 Å². The molecule has 21 heavy (non-hydrogen) atoms. The summed E-state index contributed by atoms with van der Waals surface area (Å²) in [6, 6.07) is 1.13. The molecular weight excluding hydrogens is 305 g/mol. The third kappa shape index (κ3) is 3.07. The van der Waals surface area contributed by atoms with Crippen LogP contribution in [-0.4, -0.2) is 38.4 Å². The lowest BCUT2D eigenvalue weighted by molar-refractivity contribution is 0.269. The number of sulfonamides is 1. The van der Waals surface area contributed by atoms with E-state index in [-0.39, 0.29) is 12.6 Å². The molecule has 0 amide bonds. The van der Waals surface area contributed by atoms with E-state index in [9.17, 15) is 21.6 Å². The van der Waals surface area contributed by atoms with Gasteiger partial charge in [-0.2, -0.15) is 4.31 Å². The number of piperidine rings is 1. The second-order valence-electron chi connectivity index (χ2n) is 4.86. The number of hydrogen-bond acceptors (Lipinski definition) is 3. The van der Waals surface area contributed by atoms with E-state index in [1.807, 2.05) is 0 Å². The quantitative estimate of drug-likeness (QED) is 0.861. The summed E-state index contributed by atoms with van der Waals surface area (Å²) in [7, 11) is -4.20. The van der Waals surface area contributed by atoms with Gasteiger partial charge in [-0.05, 0) is 38.1 Å². The third-order valence-corrected chi connectivity index (χ3v) is 5.66. The predicted octanol–water partition coefficient (Wildman–Crippen LogP) is 1.87. The second-order valence-corrected chi connectivity index (χ2v) is 6.72. The zero-order valence-electron chi connectivity index (χ0n) is 11.6. The summed E-state index contributed by atoms with van der Waals surface area (Å²) in [6.45, 7) is 3.11. The molecule has 1 fully saturated rings. The molecule has 1 aromatic rings. The van der Waals surface area contributed by atoms with Gasteiger partial charge in [0.15, 0.2) is 17.5 Å². The van der Waals surface area contributed by atoms with Crippen LogP contribution < -0.4 is 5.32 Å². The lowest BCUT2D eigenvalue weighted by atomic mass is 10.1. The van der Waals surface area contributed by atoms with Crippen LogP contribution in [0.15, 0.2) is 17.0 Å². The highest BCUT2D eigenvalue weighted by atomic mass is 32.2. The van der Waals surface area contributed by atoms with E-state index >= 15 is 0 Å². The lowest BCUT2D eigenvalue weighted by Gasteiger charge is -2.33. The number of benzene rings is 1. The summed E-state index contributed by atoms with van der Waals surface area (Å²) in [4.78, 5) is -0.818. The van der Waals surface area contributed by atoms with E-state index in [4.69, 9.17) is 0 Å². The van der Waals surface area contributed by atoms with Crippen molar-refractivity contribution in [2.45, 2.75) is 30.7 Å². The lowest BCUT2D eigenvalue weighted by Crippen LogP contribution is -2.46.